The summed E-state index contributed by atoms with van der Waals surface area (Å²) >= 11 is 0. The van der Waals surface area contributed by atoms with Crippen molar-refractivity contribution in [1.29, 1.82) is 0 Å². The average Bonchev–Trinajstić information content (AvgIpc) is 1.35. The van der Waals surface area contributed by atoms with Crippen LogP contribution in [0.15, 0.2) is 0 Å². The SMILES string of the molecule is CCO[PH](C)=O.[AlH3]. The minimum absolute atomic E-state index is 0. The molecule has 0 fully saturated rings. The molecule has 0 N–H and O–H groups in total. The first-order valence-corrected chi connectivity index (χ1v) is 3.72. The van der Waals surface area contributed by atoms with Gasteiger partial charge in [-0.2, -0.15) is 0 Å². The first-order chi connectivity index (χ1) is 2.77. The zero-order valence-corrected chi connectivity index (χ0v) is 5.02. The molecule has 0 aromatic rings. The second-order valence-electron chi connectivity index (χ2n) is 0.925. The molecule has 2 nitrogen and oxygen atoms in total. The van der Waals surface area contributed by atoms with Crippen LogP contribution < -0.4 is 0 Å². The fraction of sp³-hybridized carbons (Fsp3) is 1.00. The summed E-state index contributed by atoms with van der Waals surface area (Å²) in [5.74, 6) is 0. The largest absolute Gasteiger partial charge is 0.331 e. The van der Waals surface area contributed by atoms with Gasteiger partial charge in [0.25, 0.3) is 0 Å². The molecule has 0 bridgehead atoms. The third kappa shape index (κ3) is 10.8. The number of hydrogen-bond acceptors (Lipinski definition) is 2. The van der Waals surface area contributed by atoms with Crippen molar-refractivity contribution in [2.45, 2.75) is 6.92 Å². The Bertz CT molecular complexity index is 56.9. The van der Waals surface area contributed by atoms with Crippen LogP contribution in [0.5, 0.6) is 0 Å². The van der Waals surface area contributed by atoms with Gasteiger partial charge >= 0.3 is 0 Å². The van der Waals surface area contributed by atoms with Crippen LogP contribution in [0.1, 0.15) is 6.92 Å². The van der Waals surface area contributed by atoms with Gasteiger partial charge in [-0.25, -0.2) is 0 Å². The van der Waals surface area contributed by atoms with Crippen molar-refractivity contribution in [3.63, 3.8) is 0 Å². The Balaban J connectivity index is 0. The summed E-state index contributed by atoms with van der Waals surface area (Å²) in [6.07, 6.45) is 0. The maximum atomic E-state index is 10.0. The zero-order valence-electron chi connectivity index (χ0n) is 4.02. The van der Waals surface area contributed by atoms with Crippen LogP contribution in [0.3, 0.4) is 0 Å². The van der Waals surface area contributed by atoms with E-state index in [1.807, 2.05) is 6.92 Å². The molecule has 0 aromatic heterocycles. The molecule has 0 saturated carbocycles. The summed E-state index contributed by atoms with van der Waals surface area (Å²) in [6.45, 7) is 3.97. The van der Waals surface area contributed by atoms with E-state index in [4.69, 9.17) is 0 Å². The van der Waals surface area contributed by atoms with E-state index < -0.39 is 8.03 Å². The molecule has 0 radical (unpaired) electrons. The lowest BCUT2D eigenvalue weighted by molar-refractivity contribution is 0.354. The molecule has 4 heteroatoms. The topological polar surface area (TPSA) is 26.3 Å². The molecule has 0 amide bonds. The van der Waals surface area contributed by atoms with Gasteiger partial charge in [-0.15, -0.1) is 0 Å². The normalized spacial score (nSPS) is 12.3. The Morgan fingerprint density at radius 1 is 1.71 bits per heavy atom. The van der Waals surface area contributed by atoms with E-state index in [0.717, 1.165) is 0 Å². The summed E-state index contributed by atoms with van der Waals surface area (Å²) in [4.78, 5) is 0. The Morgan fingerprint density at radius 3 is 2.14 bits per heavy atom. The van der Waals surface area contributed by atoms with Gasteiger partial charge in [0.05, 0.1) is 6.61 Å². The standard InChI is InChI=1S/C3H9O2P.Al.3H/c1-3-5-6(2)4;;;;/h6H,3H2,1-2H3;;;;. The molecule has 44 valence electrons. The maximum absolute atomic E-state index is 10.0. The average molecular weight is 138 g/mol. The summed E-state index contributed by atoms with van der Waals surface area (Å²) in [5, 5.41) is 0. The second kappa shape index (κ2) is 6.72. The van der Waals surface area contributed by atoms with E-state index in [1.165, 1.54) is 0 Å². The highest BCUT2D eigenvalue weighted by molar-refractivity contribution is 7.38. The van der Waals surface area contributed by atoms with Gasteiger partial charge in [0, 0.05) is 6.66 Å². The van der Waals surface area contributed by atoms with E-state index in [1.54, 1.807) is 6.66 Å². The molecule has 0 saturated heterocycles. The first kappa shape index (κ1) is 10.7. The summed E-state index contributed by atoms with van der Waals surface area (Å²) in [6, 6.07) is 0. The van der Waals surface area contributed by atoms with E-state index in [-0.39, 0.29) is 17.4 Å². The fourth-order valence-corrected chi connectivity index (χ4v) is 0.610. The summed E-state index contributed by atoms with van der Waals surface area (Å²) in [7, 11) is -1.64. The van der Waals surface area contributed by atoms with E-state index in [2.05, 4.69) is 4.52 Å². The predicted octanol–water partition coefficient (Wildman–Crippen LogP) is -0.0565. The van der Waals surface area contributed by atoms with Crippen molar-refractivity contribution in [1.82, 2.24) is 0 Å². The van der Waals surface area contributed by atoms with E-state index >= 15 is 0 Å². The lowest BCUT2D eigenvalue weighted by Gasteiger charge is -1.87. The molecule has 0 heterocycles. The Morgan fingerprint density at radius 2 is 2.14 bits per heavy atom. The van der Waals surface area contributed by atoms with Crippen molar-refractivity contribution in [2.24, 2.45) is 0 Å². The highest BCUT2D eigenvalue weighted by Crippen LogP contribution is 2.12. The molecular formula is C3H12AlO2P. The molecular weight excluding hydrogens is 126 g/mol. The van der Waals surface area contributed by atoms with Gasteiger partial charge in [-0.05, 0) is 6.92 Å². The van der Waals surface area contributed by atoms with Gasteiger partial charge < -0.3 is 4.52 Å². The predicted molar refractivity (Wildman–Crippen MR) is 36.5 cm³/mol. The summed E-state index contributed by atoms with van der Waals surface area (Å²) < 4.78 is 14.6. The molecule has 7 heavy (non-hydrogen) atoms. The lowest BCUT2D eigenvalue weighted by atomic mass is 10.9. The van der Waals surface area contributed by atoms with Crippen LogP contribution in [-0.4, -0.2) is 30.6 Å². The van der Waals surface area contributed by atoms with Crippen LogP contribution in [0, 0.1) is 0 Å². The maximum Gasteiger partial charge on any atom is 0.188 e. The minimum atomic E-state index is -1.64. The third-order valence-corrected chi connectivity index (χ3v) is 1.04. The van der Waals surface area contributed by atoms with E-state index in [0.29, 0.717) is 6.61 Å². The molecule has 0 aliphatic rings. The van der Waals surface area contributed by atoms with Crippen molar-refractivity contribution >= 4 is 25.4 Å². The van der Waals surface area contributed by atoms with Crippen LogP contribution in [0.2, 0.25) is 0 Å². The third-order valence-electron chi connectivity index (χ3n) is 0.348. The van der Waals surface area contributed by atoms with Crippen LogP contribution in [-0.2, 0) is 9.09 Å². The molecule has 0 spiro atoms. The number of rotatable bonds is 2. The zero-order chi connectivity index (χ0) is 4.99. The van der Waals surface area contributed by atoms with Crippen LogP contribution in [0.25, 0.3) is 0 Å². The molecule has 0 aromatic carbocycles. The highest BCUT2D eigenvalue weighted by atomic mass is 31.1. The fourth-order valence-electron chi connectivity index (χ4n) is 0.203. The molecule has 1 atom stereocenters. The van der Waals surface area contributed by atoms with Crippen molar-refractivity contribution in [3.8, 4) is 0 Å². The molecule has 1 unspecified atom stereocenters. The van der Waals surface area contributed by atoms with Crippen molar-refractivity contribution < 1.29 is 9.09 Å². The Hall–Kier alpha value is 0.722. The first-order valence-electron chi connectivity index (χ1n) is 1.90. The van der Waals surface area contributed by atoms with Gasteiger partial charge in [-0.3, -0.25) is 4.57 Å². The molecule has 0 rings (SSSR count). The quantitative estimate of drug-likeness (QED) is 0.395. The number of hydrogen-bond donors (Lipinski definition) is 0. The van der Waals surface area contributed by atoms with Gasteiger partial charge in [0.1, 0.15) is 0 Å². The monoisotopic (exact) mass is 138 g/mol. The van der Waals surface area contributed by atoms with Crippen molar-refractivity contribution in [2.75, 3.05) is 13.3 Å². The van der Waals surface area contributed by atoms with Gasteiger partial charge in [0.15, 0.2) is 25.4 Å². The van der Waals surface area contributed by atoms with Gasteiger partial charge in [-0.1, -0.05) is 0 Å². The lowest BCUT2D eigenvalue weighted by Crippen LogP contribution is -1.72. The Labute approximate surface area is 55.2 Å². The smallest absolute Gasteiger partial charge is 0.188 e. The van der Waals surface area contributed by atoms with E-state index in [9.17, 15) is 4.57 Å². The van der Waals surface area contributed by atoms with Crippen LogP contribution >= 0.6 is 8.03 Å². The summed E-state index contributed by atoms with van der Waals surface area (Å²) in [5.41, 5.74) is 0. The molecule has 0 aliphatic carbocycles. The van der Waals surface area contributed by atoms with Crippen molar-refractivity contribution in [3.05, 3.63) is 0 Å². The van der Waals surface area contributed by atoms with Crippen LogP contribution in [0.4, 0.5) is 0 Å². The molecule has 0 aliphatic heterocycles. The minimum Gasteiger partial charge on any atom is -0.331 e. The Kier molecular flexibility index (Phi) is 10.2. The second-order valence-corrected chi connectivity index (χ2v) is 2.20. The highest BCUT2D eigenvalue weighted by Gasteiger charge is 1.78. The van der Waals surface area contributed by atoms with Gasteiger partial charge in [0.2, 0.25) is 0 Å².